The van der Waals surface area contributed by atoms with E-state index in [1.54, 1.807) is 0 Å². The van der Waals surface area contributed by atoms with Gasteiger partial charge in [-0.1, -0.05) is 12.8 Å². The van der Waals surface area contributed by atoms with Crippen molar-refractivity contribution < 1.29 is 4.21 Å². The van der Waals surface area contributed by atoms with Crippen LogP contribution in [0.1, 0.15) is 25.7 Å². The van der Waals surface area contributed by atoms with E-state index in [4.69, 9.17) is 10.4 Å². The van der Waals surface area contributed by atoms with Gasteiger partial charge in [0, 0.05) is 0 Å². The molecular formula is C7H12N2OS. The highest BCUT2D eigenvalue weighted by atomic mass is 32.2. The minimum Gasteiger partial charge on any atom is -0.252 e. The van der Waals surface area contributed by atoms with E-state index in [0.717, 1.165) is 25.7 Å². The van der Waals surface area contributed by atoms with Crippen molar-refractivity contribution in [1.82, 2.24) is 0 Å². The Bertz CT molecular complexity index is 203. The van der Waals surface area contributed by atoms with Crippen LogP contribution in [-0.2, 0) is 11.0 Å². The summed E-state index contributed by atoms with van der Waals surface area (Å²) >= 11 is 0. The Morgan fingerprint density at radius 3 is 2.45 bits per heavy atom. The lowest BCUT2D eigenvalue weighted by Gasteiger charge is -2.16. The predicted octanol–water partition coefficient (Wildman–Crippen LogP) is 0.693. The standard InChI is InChI=1S/C7H12N2OS/c8-5-7(6-11(9)10)3-1-2-4-7/h1-4,6,9H2. The molecule has 0 aliphatic heterocycles. The van der Waals surface area contributed by atoms with Gasteiger partial charge in [-0.05, 0) is 12.8 Å². The Balaban J connectivity index is 2.61. The van der Waals surface area contributed by atoms with Gasteiger partial charge >= 0.3 is 0 Å². The molecule has 1 fully saturated rings. The van der Waals surface area contributed by atoms with E-state index in [-0.39, 0.29) is 5.41 Å². The maximum absolute atomic E-state index is 10.7. The number of nitrogens with zero attached hydrogens (tertiary/aromatic N) is 1. The van der Waals surface area contributed by atoms with Crippen LogP contribution in [0.3, 0.4) is 0 Å². The summed E-state index contributed by atoms with van der Waals surface area (Å²) in [4.78, 5) is 0. The van der Waals surface area contributed by atoms with E-state index in [2.05, 4.69) is 6.07 Å². The molecule has 2 N–H and O–H groups in total. The van der Waals surface area contributed by atoms with Crippen LogP contribution in [0.4, 0.5) is 0 Å². The first kappa shape index (κ1) is 8.69. The first-order chi connectivity index (χ1) is 5.18. The molecule has 0 amide bonds. The maximum Gasteiger partial charge on any atom is 0.0904 e. The lowest BCUT2D eigenvalue weighted by molar-refractivity contribution is 0.466. The van der Waals surface area contributed by atoms with Crippen molar-refractivity contribution in [2.45, 2.75) is 25.7 Å². The van der Waals surface area contributed by atoms with Crippen LogP contribution in [0.2, 0.25) is 0 Å². The van der Waals surface area contributed by atoms with Gasteiger partial charge in [0.1, 0.15) is 0 Å². The van der Waals surface area contributed by atoms with Gasteiger partial charge in [-0.2, -0.15) is 5.26 Å². The van der Waals surface area contributed by atoms with Crippen LogP contribution in [-0.4, -0.2) is 9.96 Å². The van der Waals surface area contributed by atoms with Gasteiger partial charge in [-0.15, -0.1) is 0 Å². The van der Waals surface area contributed by atoms with E-state index < -0.39 is 11.0 Å². The zero-order valence-electron chi connectivity index (χ0n) is 6.38. The highest BCUT2D eigenvalue weighted by Crippen LogP contribution is 2.37. The molecule has 1 aliphatic carbocycles. The van der Waals surface area contributed by atoms with Crippen molar-refractivity contribution in [2.24, 2.45) is 10.6 Å². The van der Waals surface area contributed by atoms with Crippen molar-refractivity contribution in [1.29, 1.82) is 5.26 Å². The molecule has 1 unspecified atom stereocenters. The average molecular weight is 172 g/mol. The van der Waals surface area contributed by atoms with Gasteiger partial charge < -0.3 is 0 Å². The molecule has 0 saturated heterocycles. The molecule has 1 atom stereocenters. The summed E-state index contributed by atoms with van der Waals surface area (Å²) in [5, 5.41) is 14.0. The molecule has 0 aromatic heterocycles. The Hall–Kier alpha value is -0.400. The SMILES string of the molecule is N#CC1(CS(N)=O)CCCC1. The molecule has 0 aromatic rings. The van der Waals surface area contributed by atoms with Gasteiger partial charge in [0.2, 0.25) is 0 Å². The van der Waals surface area contributed by atoms with E-state index in [0.29, 0.717) is 5.75 Å². The quantitative estimate of drug-likeness (QED) is 0.666. The highest BCUT2D eigenvalue weighted by Gasteiger charge is 2.34. The van der Waals surface area contributed by atoms with Crippen molar-refractivity contribution in [3.05, 3.63) is 0 Å². The van der Waals surface area contributed by atoms with Crippen molar-refractivity contribution in [2.75, 3.05) is 5.75 Å². The number of nitrogens with two attached hydrogens (primary N) is 1. The van der Waals surface area contributed by atoms with Crippen molar-refractivity contribution in [3.63, 3.8) is 0 Å². The summed E-state index contributed by atoms with van der Waals surface area (Å²) in [7, 11) is -1.32. The second-order valence-corrected chi connectivity index (χ2v) is 4.17. The topological polar surface area (TPSA) is 66.9 Å². The molecule has 1 aliphatic rings. The summed E-state index contributed by atoms with van der Waals surface area (Å²) in [6.45, 7) is 0. The van der Waals surface area contributed by atoms with Crippen LogP contribution in [0.15, 0.2) is 0 Å². The lowest BCUT2D eigenvalue weighted by atomic mass is 9.91. The summed E-state index contributed by atoms with van der Waals surface area (Å²) in [5.41, 5.74) is -0.361. The number of hydrogen-bond acceptors (Lipinski definition) is 2. The van der Waals surface area contributed by atoms with Crippen LogP contribution in [0.5, 0.6) is 0 Å². The third kappa shape index (κ3) is 2.01. The zero-order chi connectivity index (χ0) is 8.32. The summed E-state index contributed by atoms with van der Waals surface area (Å²) in [6.07, 6.45) is 3.88. The molecule has 0 spiro atoms. The zero-order valence-corrected chi connectivity index (χ0v) is 7.19. The monoisotopic (exact) mass is 172 g/mol. The smallest absolute Gasteiger partial charge is 0.0904 e. The molecule has 1 rings (SSSR count). The number of nitriles is 1. The second kappa shape index (κ2) is 3.33. The predicted molar refractivity (Wildman–Crippen MR) is 43.7 cm³/mol. The fourth-order valence-corrected chi connectivity index (χ4v) is 2.51. The Labute approximate surface area is 69.2 Å². The summed E-state index contributed by atoms with van der Waals surface area (Å²) < 4.78 is 10.7. The molecule has 1 saturated carbocycles. The highest BCUT2D eigenvalue weighted by molar-refractivity contribution is 7.82. The first-order valence-electron chi connectivity index (χ1n) is 3.73. The third-order valence-electron chi connectivity index (χ3n) is 2.22. The molecular weight excluding hydrogens is 160 g/mol. The Morgan fingerprint density at radius 2 is 2.09 bits per heavy atom. The summed E-state index contributed by atoms with van der Waals surface area (Å²) in [6, 6.07) is 2.24. The fraction of sp³-hybridized carbons (Fsp3) is 0.857. The van der Waals surface area contributed by atoms with Crippen LogP contribution in [0.25, 0.3) is 0 Å². The van der Waals surface area contributed by atoms with E-state index in [1.807, 2.05) is 0 Å². The molecule has 0 aromatic carbocycles. The van der Waals surface area contributed by atoms with Crippen LogP contribution < -0.4 is 5.14 Å². The molecule has 11 heavy (non-hydrogen) atoms. The van der Waals surface area contributed by atoms with Gasteiger partial charge in [-0.25, -0.2) is 4.21 Å². The van der Waals surface area contributed by atoms with Crippen LogP contribution in [0, 0.1) is 16.7 Å². The Morgan fingerprint density at radius 1 is 1.55 bits per heavy atom. The molecule has 0 radical (unpaired) electrons. The second-order valence-electron chi connectivity index (χ2n) is 3.12. The van der Waals surface area contributed by atoms with Crippen molar-refractivity contribution in [3.8, 4) is 6.07 Å². The molecule has 0 heterocycles. The molecule has 3 nitrogen and oxygen atoms in total. The van der Waals surface area contributed by atoms with E-state index in [9.17, 15) is 4.21 Å². The average Bonchev–Trinajstić information content (AvgIpc) is 2.36. The number of rotatable bonds is 2. The van der Waals surface area contributed by atoms with Crippen LogP contribution >= 0.6 is 0 Å². The molecule has 0 bridgehead atoms. The van der Waals surface area contributed by atoms with Crippen molar-refractivity contribution >= 4 is 11.0 Å². The van der Waals surface area contributed by atoms with Gasteiger partial charge in [-0.3, -0.25) is 5.14 Å². The van der Waals surface area contributed by atoms with E-state index >= 15 is 0 Å². The lowest BCUT2D eigenvalue weighted by Crippen LogP contribution is -2.25. The van der Waals surface area contributed by atoms with Gasteiger partial charge in [0.15, 0.2) is 0 Å². The minimum atomic E-state index is -1.32. The fourth-order valence-electron chi connectivity index (χ4n) is 1.61. The molecule has 4 heteroatoms. The largest absolute Gasteiger partial charge is 0.252 e. The number of hydrogen-bond donors (Lipinski definition) is 1. The maximum atomic E-state index is 10.7. The van der Waals surface area contributed by atoms with Gasteiger partial charge in [0.25, 0.3) is 0 Å². The molecule has 62 valence electrons. The summed E-state index contributed by atoms with van der Waals surface area (Å²) in [5.74, 6) is 0.351. The first-order valence-corrected chi connectivity index (χ1v) is 5.11. The third-order valence-corrected chi connectivity index (χ3v) is 3.05. The minimum absolute atomic E-state index is 0.351. The van der Waals surface area contributed by atoms with E-state index in [1.165, 1.54) is 0 Å². The normalized spacial score (nSPS) is 24.4. The van der Waals surface area contributed by atoms with Gasteiger partial charge in [0.05, 0.1) is 28.2 Å². The Kier molecular flexibility index (Phi) is 2.63.